The van der Waals surface area contributed by atoms with Crippen molar-refractivity contribution in [2.45, 2.75) is 19.9 Å². The Kier molecular flexibility index (Phi) is 5.97. The number of nitrogens with one attached hydrogen (secondary N) is 1. The average molecular weight is 351 g/mol. The van der Waals surface area contributed by atoms with Gasteiger partial charge in [0.2, 0.25) is 0 Å². The van der Waals surface area contributed by atoms with Gasteiger partial charge in [-0.1, -0.05) is 19.9 Å². The number of hydrogen-bond acceptors (Lipinski definition) is 2. The molecule has 16 heavy (non-hydrogen) atoms. The number of rotatable bonds is 5. The number of hydrogen-bond donors (Lipinski definition) is 2. The molecule has 0 amide bonds. The maximum Gasteiger partial charge on any atom is 0.0626 e. The van der Waals surface area contributed by atoms with Crippen LogP contribution < -0.4 is 5.32 Å². The van der Waals surface area contributed by atoms with E-state index in [0.717, 1.165) is 21.1 Å². The lowest BCUT2D eigenvalue weighted by Gasteiger charge is -2.18. The summed E-state index contributed by atoms with van der Waals surface area (Å²) in [6.45, 7) is 5.32. The van der Waals surface area contributed by atoms with Crippen molar-refractivity contribution in [2.75, 3.05) is 13.2 Å². The molecule has 0 radical (unpaired) electrons. The largest absolute Gasteiger partial charge is 0.394 e. The Labute approximate surface area is 114 Å². The molecule has 4 heteroatoms. The van der Waals surface area contributed by atoms with Crippen LogP contribution >= 0.6 is 31.9 Å². The van der Waals surface area contributed by atoms with Crippen LogP contribution in [0, 0.1) is 5.92 Å². The molecule has 0 heterocycles. The molecule has 0 aliphatic rings. The van der Waals surface area contributed by atoms with E-state index in [2.05, 4.69) is 51.0 Å². The van der Waals surface area contributed by atoms with Gasteiger partial charge in [0.25, 0.3) is 0 Å². The Bertz CT molecular complexity index is 342. The molecular weight excluding hydrogens is 334 g/mol. The maximum absolute atomic E-state index is 9.36. The van der Waals surface area contributed by atoms with E-state index in [0.29, 0.717) is 5.92 Å². The van der Waals surface area contributed by atoms with Crippen LogP contribution in [-0.2, 0) is 0 Å². The summed E-state index contributed by atoms with van der Waals surface area (Å²) in [5.74, 6) is 0.577. The van der Waals surface area contributed by atoms with Crippen molar-refractivity contribution in [3.05, 3.63) is 32.7 Å². The van der Waals surface area contributed by atoms with E-state index in [9.17, 15) is 5.11 Å². The summed E-state index contributed by atoms with van der Waals surface area (Å²) in [7, 11) is 0. The molecule has 0 fully saturated rings. The van der Waals surface area contributed by atoms with Crippen LogP contribution in [0.5, 0.6) is 0 Å². The van der Waals surface area contributed by atoms with E-state index in [4.69, 9.17) is 0 Å². The van der Waals surface area contributed by atoms with Gasteiger partial charge in [-0.15, -0.1) is 0 Å². The van der Waals surface area contributed by atoms with Crippen molar-refractivity contribution in [2.24, 2.45) is 5.92 Å². The van der Waals surface area contributed by atoms with Crippen molar-refractivity contribution >= 4 is 31.9 Å². The highest BCUT2D eigenvalue weighted by Crippen LogP contribution is 2.26. The average Bonchev–Trinajstić information content (AvgIpc) is 2.23. The lowest BCUT2D eigenvalue weighted by molar-refractivity contribution is 0.241. The van der Waals surface area contributed by atoms with E-state index in [1.807, 2.05) is 18.2 Å². The Morgan fingerprint density at radius 1 is 1.25 bits per heavy atom. The summed E-state index contributed by atoms with van der Waals surface area (Å²) in [5, 5.41) is 12.7. The molecule has 1 unspecified atom stereocenters. The van der Waals surface area contributed by atoms with Crippen molar-refractivity contribution in [3.63, 3.8) is 0 Å². The predicted octanol–water partition coefficient (Wildman–Crippen LogP) is 3.49. The summed E-state index contributed by atoms with van der Waals surface area (Å²) in [6, 6.07) is 6.03. The lowest BCUT2D eigenvalue weighted by Crippen LogP contribution is -2.27. The normalized spacial score (nSPS) is 13.1. The molecule has 90 valence electrons. The van der Waals surface area contributed by atoms with Crippen molar-refractivity contribution < 1.29 is 5.11 Å². The second-order valence-electron chi connectivity index (χ2n) is 4.21. The minimum absolute atomic E-state index is 0.00630. The third-order valence-electron chi connectivity index (χ3n) is 2.30. The van der Waals surface area contributed by atoms with Gasteiger partial charge < -0.3 is 10.4 Å². The monoisotopic (exact) mass is 349 g/mol. The van der Waals surface area contributed by atoms with Crippen LogP contribution in [-0.4, -0.2) is 18.3 Å². The zero-order valence-corrected chi connectivity index (χ0v) is 12.7. The first kappa shape index (κ1) is 14.2. The van der Waals surface area contributed by atoms with Gasteiger partial charge in [-0.25, -0.2) is 0 Å². The Morgan fingerprint density at radius 2 is 1.94 bits per heavy atom. The van der Waals surface area contributed by atoms with Crippen molar-refractivity contribution in [1.82, 2.24) is 5.32 Å². The van der Waals surface area contributed by atoms with E-state index < -0.39 is 0 Å². The highest BCUT2D eigenvalue weighted by molar-refractivity contribution is 9.13. The molecule has 1 aromatic carbocycles. The molecule has 0 saturated heterocycles. The molecule has 1 rings (SSSR count). The number of benzene rings is 1. The molecule has 0 bridgehead atoms. The molecule has 0 spiro atoms. The van der Waals surface area contributed by atoms with E-state index >= 15 is 0 Å². The van der Waals surface area contributed by atoms with Gasteiger partial charge in [-0.2, -0.15) is 0 Å². The fourth-order valence-corrected chi connectivity index (χ4v) is 2.04. The molecule has 1 aromatic rings. The predicted molar refractivity (Wildman–Crippen MR) is 74.5 cm³/mol. The topological polar surface area (TPSA) is 32.3 Å². The smallest absolute Gasteiger partial charge is 0.0626 e. The summed E-state index contributed by atoms with van der Waals surface area (Å²) < 4.78 is 2.03. The van der Waals surface area contributed by atoms with E-state index in [1.165, 1.54) is 0 Å². The van der Waals surface area contributed by atoms with E-state index in [-0.39, 0.29) is 12.6 Å². The van der Waals surface area contributed by atoms with Gasteiger partial charge in [-0.05, 0) is 62.0 Å². The molecule has 1 atom stereocenters. The Hall–Kier alpha value is 0.1000. The first-order valence-electron chi connectivity index (χ1n) is 5.33. The lowest BCUT2D eigenvalue weighted by atomic mass is 10.1. The molecule has 0 aromatic heterocycles. The first-order valence-corrected chi connectivity index (χ1v) is 6.92. The maximum atomic E-state index is 9.36. The van der Waals surface area contributed by atoms with Crippen LogP contribution in [0.2, 0.25) is 0 Å². The first-order chi connectivity index (χ1) is 7.54. The number of aliphatic hydroxyl groups is 1. The summed E-state index contributed by atoms with van der Waals surface area (Å²) in [6.07, 6.45) is 0. The standard InChI is InChI=1S/C12H17Br2NO/c1-8(2)6-15-12(7-16)9-3-4-10(13)11(14)5-9/h3-5,8,12,15-16H,6-7H2,1-2H3. The molecule has 0 aliphatic carbocycles. The highest BCUT2D eigenvalue weighted by Gasteiger charge is 2.11. The second kappa shape index (κ2) is 6.74. The number of aliphatic hydroxyl groups excluding tert-OH is 1. The van der Waals surface area contributed by atoms with Crippen LogP contribution in [0.3, 0.4) is 0 Å². The van der Waals surface area contributed by atoms with Crippen LogP contribution in [0.4, 0.5) is 0 Å². The van der Waals surface area contributed by atoms with E-state index in [1.54, 1.807) is 0 Å². The summed E-state index contributed by atoms with van der Waals surface area (Å²) in [4.78, 5) is 0. The van der Waals surface area contributed by atoms with Crippen LogP contribution in [0.15, 0.2) is 27.1 Å². The third kappa shape index (κ3) is 4.17. The van der Waals surface area contributed by atoms with Crippen LogP contribution in [0.1, 0.15) is 25.5 Å². The van der Waals surface area contributed by atoms with Gasteiger partial charge in [0.1, 0.15) is 0 Å². The number of halogens is 2. The van der Waals surface area contributed by atoms with Gasteiger partial charge in [-0.3, -0.25) is 0 Å². The van der Waals surface area contributed by atoms with Gasteiger partial charge in [0, 0.05) is 8.95 Å². The second-order valence-corrected chi connectivity index (χ2v) is 5.92. The Morgan fingerprint density at radius 3 is 2.44 bits per heavy atom. The van der Waals surface area contributed by atoms with Crippen molar-refractivity contribution in [3.8, 4) is 0 Å². The minimum Gasteiger partial charge on any atom is -0.394 e. The molecule has 2 nitrogen and oxygen atoms in total. The van der Waals surface area contributed by atoms with Gasteiger partial charge in [0.05, 0.1) is 12.6 Å². The van der Waals surface area contributed by atoms with Gasteiger partial charge in [0.15, 0.2) is 0 Å². The molecule has 0 saturated carbocycles. The quantitative estimate of drug-likeness (QED) is 0.851. The zero-order chi connectivity index (χ0) is 12.1. The Balaban J connectivity index is 2.74. The van der Waals surface area contributed by atoms with Crippen molar-refractivity contribution in [1.29, 1.82) is 0 Å². The fraction of sp³-hybridized carbons (Fsp3) is 0.500. The van der Waals surface area contributed by atoms with Crippen LogP contribution in [0.25, 0.3) is 0 Å². The molecule has 2 N–H and O–H groups in total. The SMILES string of the molecule is CC(C)CNC(CO)c1ccc(Br)c(Br)c1. The third-order valence-corrected chi connectivity index (χ3v) is 4.18. The van der Waals surface area contributed by atoms with Gasteiger partial charge >= 0.3 is 0 Å². The zero-order valence-electron chi connectivity index (χ0n) is 9.50. The molecular formula is C12H17Br2NO. The fourth-order valence-electron chi connectivity index (χ4n) is 1.39. The summed E-state index contributed by atoms with van der Waals surface area (Å²) >= 11 is 6.90. The minimum atomic E-state index is 0.00630. The highest BCUT2D eigenvalue weighted by atomic mass is 79.9. The summed E-state index contributed by atoms with van der Waals surface area (Å²) in [5.41, 5.74) is 1.10. The molecule has 0 aliphatic heterocycles.